The second-order valence-corrected chi connectivity index (χ2v) is 5.69. The third-order valence-corrected chi connectivity index (χ3v) is 4.24. The van der Waals surface area contributed by atoms with Crippen LogP contribution in [-0.4, -0.2) is 29.8 Å². The second kappa shape index (κ2) is 5.94. The molecule has 1 aromatic carbocycles. The van der Waals surface area contributed by atoms with Gasteiger partial charge >= 0.3 is 0 Å². The molecule has 0 radical (unpaired) electrons. The molecule has 0 aromatic heterocycles. The number of nitrogens with one attached hydrogen (secondary N) is 1. The van der Waals surface area contributed by atoms with Gasteiger partial charge in [0.15, 0.2) is 0 Å². The van der Waals surface area contributed by atoms with Gasteiger partial charge in [0.2, 0.25) is 5.91 Å². The predicted octanol–water partition coefficient (Wildman–Crippen LogP) is 1.72. The minimum absolute atomic E-state index is 0.00116. The minimum atomic E-state index is -0.515. The van der Waals surface area contributed by atoms with Crippen molar-refractivity contribution in [2.45, 2.75) is 50.4 Å². The number of carbonyl (C=O) groups is 1. The van der Waals surface area contributed by atoms with E-state index in [4.69, 9.17) is 4.74 Å². The van der Waals surface area contributed by atoms with E-state index >= 15 is 0 Å². The molecule has 0 saturated carbocycles. The highest BCUT2D eigenvalue weighted by molar-refractivity contribution is 5.76. The van der Waals surface area contributed by atoms with Crippen molar-refractivity contribution >= 4 is 5.91 Å². The number of aliphatic hydroxyl groups excluding tert-OH is 1. The normalized spacial score (nSPS) is 28.4. The highest BCUT2D eigenvalue weighted by atomic mass is 16.5. The summed E-state index contributed by atoms with van der Waals surface area (Å²) in [6, 6.07) is 7.65. The number of fused-ring (bicyclic) bond motifs is 1. The lowest BCUT2D eigenvalue weighted by molar-refractivity contribution is -0.123. The van der Waals surface area contributed by atoms with Crippen LogP contribution in [0.4, 0.5) is 0 Å². The summed E-state index contributed by atoms with van der Waals surface area (Å²) in [6.45, 7) is 0.820. The average Bonchev–Trinajstić information content (AvgIpc) is 3.06. The first-order chi connectivity index (χ1) is 9.74. The lowest BCUT2D eigenvalue weighted by Crippen LogP contribution is -2.34. The quantitative estimate of drug-likeness (QED) is 0.879. The molecule has 1 fully saturated rings. The maximum absolute atomic E-state index is 12.0. The van der Waals surface area contributed by atoms with E-state index in [0.29, 0.717) is 12.8 Å². The van der Waals surface area contributed by atoms with Crippen LogP contribution in [0.3, 0.4) is 0 Å². The summed E-state index contributed by atoms with van der Waals surface area (Å²) in [5.74, 6) is 0.00116. The van der Waals surface area contributed by atoms with Crippen molar-refractivity contribution in [1.29, 1.82) is 0 Å². The first-order valence-electron chi connectivity index (χ1n) is 7.41. The van der Waals surface area contributed by atoms with E-state index in [2.05, 4.69) is 5.32 Å². The van der Waals surface area contributed by atoms with Crippen LogP contribution in [0.25, 0.3) is 0 Å². The summed E-state index contributed by atoms with van der Waals surface area (Å²) in [5, 5.41) is 13.1. The van der Waals surface area contributed by atoms with Crippen molar-refractivity contribution in [3.05, 3.63) is 35.4 Å². The van der Waals surface area contributed by atoms with Crippen LogP contribution >= 0.6 is 0 Å². The molecule has 0 bridgehead atoms. The molecule has 1 saturated heterocycles. The van der Waals surface area contributed by atoms with Gasteiger partial charge in [-0.1, -0.05) is 24.3 Å². The number of carbonyl (C=O) groups excluding carboxylic acids is 1. The van der Waals surface area contributed by atoms with Crippen molar-refractivity contribution in [1.82, 2.24) is 5.32 Å². The van der Waals surface area contributed by atoms with E-state index in [0.717, 1.165) is 37.0 Å². The Hall–Kier alpha value is -1.39. The largest absolute Gasteiger partial charge is 0.390 e. The Balaban J connectivity index is 1.55. The van der Waals surface area contributed by atoms with Crippen LogP contribution < -0.4 is 5.32 Å². The predicted molar refractivity (Wildman–Crippen MR) is 75.2 cm³/mol. The highest BCUT2D eigenvalue weighted by Crippen LogP contribution is 2.31. The highest BCUT2D eigenvalue weighted by Gasteiger charge is 2.31. The Morgan fingerprint density at radius 1 is 1.40 bits per heavy atom. The van der Waals surface area contributed by atoms with Gasteiger partial charge in [0.25, 0.3) is 0 Å². The fraction of sp³-hybridized carbons (Fsp3) is 0.562. The van der Waals surface area contributed by atoms with Crippen molar-refractivity contribution < 1.29 is 14.6 Å². The van der Waals surface area contributed by atoms with Gasteiger partial charge in [-0.3, -0.25) is 4.79 Å². The Bertz CT molecular complexity index is 482. The molecule has 2 aliphatic rings. The zero-order chi connectivity index (χ0) is 13.9. The second-order valence-electron chi connectivity index (χ2n) is 5.69. The monoisotopic (exact) mass is 275 g/mol. The van der Waals surface area contributed by atoms with Gasteiger partial charge in [0.1, 0.15) is 0 Å². The summed E-state index contributed by atoms with van der Waals surface area (Å²) in [5.41, 5.74) is 2.18. The Morgan fingerprint density at radius 3 is 3.05 bits per heavy atom. The van der Waals surface area contributed by atoms with Gasteiger partial charge in [0, 0.05) is 19.4 Å². The topological polar surface area (TPSA) is 58.6 Å². The molecule has 20 heavy (non-hydrogen) atoms. The Morgan fingerprint density at radius 2 is 2.25 bits per heavy atom. The summed E-state index contributed by atoms with van der Waals surface area (Å²) < 4.78 is 5.52. The first-order valence-corrected chi connectivity index (χ1v) is 7.41. The van der Waals surface area contributed by atoms with E-state index in [1.54, 1.807) is 0 Å². The van der Waals surface area contributed by atoms with Crippen LogP contribution in [0.1, 0.15) is 42.9 Å². The zero-order valence-corrected chi connectivity index (χ0v) is 11.5. The lowest BCUT2D eigenvalue weighted by atomic mass is 10.1. The summed E-state index contributed by atoms with van der Waals surface area (Å²) in [6.07, 6.45) is 3.74. The molecule has 0 spiro atoms. The lowest BCUT2D eigenvalue weighted by Gasteiger charge is -2.18. The summed E-state index contributed by atoms with van der Waals surface area (Å²) in [4.78, 5) is 12.0. The first kappa shape index (κ1) is 13.6. The van der Waals surface area contributed by atoms with Crippen LogP contribution in [0.2, 0.25) is 0 Å². The molecular formula is C16H21NO3. The van der Waals surface area contributed by atoms with Gasteiger partial charge in [-0.05, 0) is 30.4 Å². The van der Waals surface area contributed by atoms with Crippen LogP contribution in [0.15, 0.2) is 24.3 Å². The molecule has 1 unspecified atom stereocenters. The van der Waals surface area contributed by atoms with E-state index in [-0.39, 0.29) is 18.1 Å². The average molecular weight is 275 g/mol. The molecule has 108 valence electrons. The standard InChI is InChI=1S/C16H21NO3/c18-14-10-11-4-1-2-6-13(11)16(14)17-15(19)8-7-12-5-3-9-20-12/h1-2,4,6,12,14,16,18H,3,5,7-10H2,(H,17,19)/t12?,14-,16+/m1/s1. The van der Waals surface area contributed by atoms with Gasteiger partial charge < -0.3 is 15.2 Å². The number of hydrogen-bond acceptors (Lipinski definition) is 3. The van der Waals surface area contributed by atoms with Crippen LogP contribution in [0.5, 0.6) is 0 Å². The SMILES string of the molecule is O=C(CCC1CCCO1)N[C@H]1c2ccccc2C[C@H]1O. The van der Waals surface area contributed by atoms with Gasteiger partial charge in [-0.15, -0.1) is 0 Å². The van der Waals surface area contributed by atoms with E-state index in [1.807, 2.05) is 24.3 Å². The van der Waals surface area contributed by atoms with Gasteiger partial charge in [-0.2, -0.15) is 0 Å². The zero-order valence-electron chi connectivity index (χ0n) is 11.5. The number of rotatable bonds is 4. The molecule has 4 heteroatoms. The summed E-state index contributed by atoms with van der Waals surface area (Å²) >= 11 is 0. The summed E-state index contributed by atoms with van der Waals surface area (Å²) in [7, 11) is 0. The molecule has 2 N–H and O–H groups in total. The third kappa shape index (κ3) is 2.86. The van der Waals surface area contributed by atoms with Crippen molar-refractivity contribution in [3.8, 4) is 0 Å². The smallest absolute Gasteiger partial charge is 0.220 e. The molecule has 4 nitrogen and oxygen atoms in total. The van der Waals surface area contributed by atoms with E-state index < -0.39 is 6.10 Å². The van der Waals surface area contributed by atoms with E-state index in [9.17, 15) is 9.90 Å². The number of hydrogen-bond donors (Lipinski definition) is 2. The van der Waals surface area contributed by atoms with Crippen LogP contribution in [0, 0.1) is 0 Å². The third-order valence-electron chi connectivity index (χ3n) is 4.24. The molecule has 1 aromatic rings. The van der Waals surface area contributed by atoms with Crippen LogP contribution in [-0.2, 0) is 16.0 Å². The van der Waals surface area contributed by atoms with Crippen molar-refractivity contribution in [2.75, 3.05) is 6.61 Å². The number of amides is 1. The molecule has 1 heterocycles. The fourth-order valence-corrected chi connectivity index (χ4v) is 3.16. The molecule has 3 atom stereocenters. The molecule has 1 aliphatic heterocycles. The molecular weight excluding hydrogens is 254 g/mol. The maximum Gasteiger partial charge on any atom is 0.220 e. The number of aliphatic hydroxyl groups is 1. The van der Waals surface area contributed by atoms with Gasteiger partial charge in [-0.25, -0.2) is 0 Å². The molecule has 3 rings (SSSR count). The van der Waals surface area contributed by atoms with Gasteiger partial charge in [0.05, 0.1) is 18.2 Å². The number of benzene rings is 1. The van der Waals surface area contributed by atoms with Crippen molar-refractivity contribution in [3.63, 3.8) is 0 Å². The maximum atomic E-state index is 12.0. The minimum Gasteiger partial charge on any atom is -0.390 e. The Labute approximate surface area is 119 Å². The Kier molecular flexibility index (Phi) is 4.03. The van der Waals surface area contributed by atoms with Crippen molar-refractivity contribution in [2.24, 2.45) is 0 Å². The molecule has 1 amide bonds. The van der Waals surface area contributed by atoms with E-state index in [1.165, 1.54) is 0 Å². The molecule has 1 aliphatic carbocycles. The number of ether oxygens (including phenoxy) is 1. The fourth-order valence-electron chi connectivity index (χ4n) is 3.16.